The molecule has 4 rings (SSSR count). The van der Waals surface area contributed by atoms with Gasteiger partial charge < -0.3 is 29.0 Å². The summed E-state index contributed by atoms with van der Waals surface area (Å²) >= 11 is 0. The Morgan fingerprint density at radius 2 is 1.66 bits per heavy atom. The van der Waals surface area contributed by atoms with Crippen LogP contribution in [0.5, 0.6) is 5.75 Å². The van der Waals surface area contributed by atoms with Crippen molar-refractivity contribution in [3.05, 3.63) is 70.8 Å². The fourth-order valence-corrected chi connectivity index (χ4v) is 6.68. The third kappa shape index (κ3) is 7.44. The molecular formula is C33H44N2O8Si. The first-order valence-electron chi connectivity index (χ1n) is 14.9. The molecule has 0 saturated carbocycles. The van der Waals surface area contributed by atoms with E-state index in [1.54, 1.807) is 12.1 Å². The molecule has 0 aromatic heterocycles. The second-order valence-corrected chi connectivity index (χ2v) is 17.8. The Balaban J connectivity index is 1.59. The van der Waals surface area contributed by atoms with Crippen LogP contribution in [0.15, 0.2) is 54.1 Å². The Hall–Kier alpha value is -3.83. The van der Waals surface area contributed by atoms with Crippen molar-refractivity contribution in [2.24, 2.45) is 0 Å². The maximum atomic E-state index is 13.0. The number of hydrogen-bond donors (Lipinski definition) is 2. The highest BCUT2D eigenvalue weighted by Crippen LogP contribution is 2.39. The van der Waals surface area contributed by atoms with Gasteiger partial charge in [0.15, 0.2) is 8.32 Å². The summed E-state index contributed by atoms with van der Waals surface area (Å²) in [4.78, 5) is 39.8. The van der Waals surface area contributed by atoms with Gasteiger partial charge in [-0.25, -0.2) is 9.59 Å². The van der Waals surface area contributed by atoms with E-state index in [1.165, 1.54) is 16.9 Å². The van der Waals surface area contributed by atoms with Crippen molar-refractivity contribution in [3.63, 3.8) is 0 Å². The number of piperazine rings is 1. The predicted octanol–water partition coefficient (Wildman–Crippen LogP) is 5.91. The molecule has 44 heavy (non-hydrogen) atoms. The zero-order valence-electron chi connectivity index (χ0n) is 26.5. The van der Waals surface area contributed by atoms with E-state index in [9.17, 15) is 24.6 Å². The number of ether oxygens (including phenoxy) is 2. The lowest BCUT2D eigenvalue weighted by molar-refractivity contribution is -0.142. The number of carboxylic acid groups (broad SMARTS) is 2. The molecule has 1 fully saturated rings. The van der Waals surface area contributed by atoms with Crippen LogP contribution in [0.1, 0.15) is 43.9 Å². The van der Waals surface area contributed by atoms with Crippen LogP contribution in [0, 0.1) is 0 Å². The molecule has 0 radical (unpaired) electrons. The summed E-state index contributed by atoms with van der Waals surface area (Å²) in [6.45, 7) is 11.6. The molecule has 2 bridgehead atoms. The monoisotopic (exact) mass is 624 g/mol. The molecule has 11 heteroatoms. The number of fused-ring (bicyclic) bond motifs is 2. The lowest BCUT2D eigenvalue weighted by Crippen LogP contribution is -2.64. The van der Waals surface area contributed by atoms with Gasteiger partial charge in [-0.1, -0.05) is 63.2 Å². The van der Waals surface area contributed by atoms with E-state index in [0.717, 1.165) is 23.1 Å². The van der Waals surface area contributed by atoms with E-state index in [0.29, 0.717) is 29.9 Å². The number of para-hydroxylation sites is 1. The van der Waals surface area contributed by atoms with Crippen molar-refractivity contribution in [1.29, 1.82) is 0 Å². The lowest BCUT2D eigenvalue weighted by Gasteiger charge is -2.49. The van der Waals surface area contributed by atoms with E-state index in [-0.39, 0.29) is 31.2 Å². The van der Waals surface area contributed by atoms with Gasteiger partial charge in [-0.2, -0.15) is 0 Å². The van der Waals surface area contributed by atoms with E-state index in [1.807, 2.05) is 36.4 Å². The van der Waals surface area contributed by atoms with Crippen LogP contribution < -0.4 is 4.74 Å². The minimum absolute atomic E-state index is 0.0184. The number of hydrogen-bond acceptors (Lipinski definition) is 6. The highest BCUT2D eigenvalue weighted by atomic mass is 28.4. The number of rotatable bonds is 10. The smallest absolute Gasteiger partial charge is 0.408 e. The Kier molecular flexibility index (Phi) is 10.1. The summed E-state index contributed by atoms with van der Waals surface area (Å²) in [5, 5.41) is 20.0. The number of methoxy groups -OCH3 is 1. The third-order valence-corrected chi connectivity index (χ3v) is 13.7. The van der Waals surface area contributed by atoms with Gasteiger partial charge in [0.25, 0.3) is 0 Å². The van der Waals surface area contributed by atoms with Crippen molar-refractivity contribution in [2.45, 2.75) is 70.2 Å². The fourth-order valence-electron chi connectivity index (χ4n) is 5.64. The Morgan fingerprint density at radius 3 is 2.27 bits per heavy atom. The maximum absolute atomic E-state index is 13.0. The molecule has 1 saturated heterocycles. The van der Waals surface area contributed by atoms with Gasteiger partial charge in [0, 0.05) is 25.3 Å². The predicted molar refractivity (Wildman–Crippen MR) is 170 cm³/mol. The zero-order chi connectivity index (χ0) is 32.2. The fraction of sp³-hybridized carbons (Fsp3) is 0.485. The first-order valence-corrected chi connectivity index (χ1v) is 17.8. The largest absolute Gasteiger partial charge is 0.496 e. The van der Waals surface area contributed by atoms with Gasteiger partial charge in [0.1, 0.15) is 12.4 Å². The molecular weight excluding hydrogens is 580 g/mol. The molecule has 2 N–H and O–H groups in total. The summed E-state index contributed by atoms with van der Waals surface area (Å²) < 4.78 is 17.4. The number of benzene rings is 2. The maximum Gasteiger partial charge on any atom is 0.408 e. The van der Waals surface area contributed by atoms with Crippen molar-refractivity contribution < 1.29 is 38.5 Å². The second kappa shape index (κ2) is 13.4. The minimum Gasteiger partial charge on any atom is -0.496 e. The molecule has 10 nitrogen and oxygen atoms in total. The molecule has 0 aliphatic carbocycles. The first-order chi connectivity index (χ1) is 20.7. The van der Waals surface area contributed by atoms with Crippen molar-refractivity contribution in [2.75, 3.05) is 33.4 Å². The number of nitrogens with zero attached hydrogens (tertiary/aromatic N) is 2. The molecule has 2 atom stereocenters. The molecule has 238 valence electrons. The number of carbonyl (C=O) groups is 3. The van der Waals surface area contributed by atoms with Gasteiger partial charge in [-0.3, -0.25) is 9.69 Å². The SMILES string of the molecule is COc1ccccc1CC(=O)OCC1=C(c2ccc(CCO[Si](C)(C)C(C)(C)C)cc2)C[C@@H]2CN(C(=O)O)C[C@H]1N2C(=O)O. The highest BCUT2D eigenvalue weighted by Gasteiger charge is 2.46. The minimum atomic E-state index is -1.85. The standard InChI is InChI=1S/C33H44N2O8Si/c1-33(2,3)44(5,6)43-16-15-22-11-13-23(14-12-22)26-18-25-19-34(31(37)38)20-28(35(25)32(39)40)27(26)21-42-30(36)17-24-9-7-8-10-29(24)41-4/h7-14,25,28H,15-21H2,1-6H3,(H,37,38)(H,39,40)/t25-,28-/m1/s1. The Bertz CT molecular complexity index is 1400. The first kappa shape index (κ1) is 33.1. The summed E-state index contributed by atoms with van der Waals surface area (Å²) in [7, 11) is -0.320. The molecule has 2 aromatic carbocycles. The average Bonchev–Trinajstić information content (AvgIpc) is 2.95. The molecule has 2 aliphatic heterocycles. The van der Waals surface area contributed by atoms with Crippen molar-refractivity contribution in [3.8, 4) is 5.75 Å². The quantitative estimate of drug-likeness (QED) is 0.247. The number of esters is 1. The van der Waals surface area contributed by atoms with Crippen LogP contribution in [0.25, 0.3) is 5.57 Å². The Labute approximate surface area is 260 Å². The molecule has 2 aliphatic rings. The third-order valence-electron chi connectivity index (χ3n) is 9.15. The summed E-state index contributed by atoms with van der Waals surface area (Å²) in [6, 6.07) is 14.0. The van der Waals surface area contributed by atoms with Crippen LogP contribution in [-0.2, 0) is 26.8 Å². The summed E-state index contributed by atoms with van der Waals surface area (Å²) in [5.74, 6) is 0.0782. The van der Waals surface area contributed by atoms with E-state index >= 15 is 0 Å². The van der Waals surface area contributed by atoms with Gasteiger partial charge >= 0.3 is 18.2 Å². The number of carbonyl (C=O) groups excluding carboxylic acids is 1. The van der Waals surface area contributed by atoms with Gasteiger partial charge in [0.05, 0.1) is 25.6 Å². The van der Waals surface area contributed by atoms with Gasteiger partial charge in [0.2, 0.25) is 0 Å². The molecule has 2 amide bonds. The van der Waals surface area contributed by atoms with Crippen LogP contribution in [0.3, 0.4) is 0 Å². The van der Waals surface area contributed by atoms with E-state index < -0.39 is 38.6 Å². The summed E-state index contributed by atoms with van der Waals surface area (Å²) in [6.07, 6.45) is -1.18. The zero-order valence-corrected chi connectivity index (χ0v) is 27.5. The van der Waals surface area contributed by atoms with Crippen LogP contribution in [-0.4, -0.2) is 92.0 Å². The number of amides is 2. The van der Waals surface area contributed by atoms with Crippen LogP contribution in [0.2, 0.25) is 18.1 Å². The van der Waals surface area contributed by atoms with Crippen molar-refractivity contribution >= 4 is 32.0 Å². The molecule has 0 unspecified atom stereocenters. The normalized spacial score (nSPS) is 18.7. The average molecular weight is 625 g/mol. The van der Waals surface area contributed by atoms with Crippen LogP contribution >= 0.6 is 0 Å². The van der Waals surface area contributed by atoms with E-state index in [4.69, 9.17) is 13.9 Å². The topological polar surface area (TPSA) is 126 Å². The van der Waals surface area contributed by atoms with E-state index in [2.05, 4.69) is 33.9 Å². The van der Waals surface area contributed by atoms with Crippen LogP contribution in [0.4, 0.5) is 9.59 Å². The van der Waals surface area contributed by atoms with Gasteiger partial charge in [-0.15, -0.1) is 0 Å². The van der Waals surface area contributed by atoms with Crippen molar-refractivity contribution in [1.82, 2.24) is 9.80 Å². The molecule has 0 spiro atoms. The Morgan fingerprint density at radius 1 is 0.977 bits per heavy atom. The lowest BCUT2D eigenvalue weighted by atomic mass is 9.82. The molecule has 2 heterocycles. The second-order valence-electron chi connectivity index (χ2n) is 13.0. The highest BCUT2D eigenvalue weighted by molar-refractivity contribution is 6.74. The summed E-state index contributed by atoms with van der Waals surface area (Å²) in [5.41, 5.74) is 4.18. The van der Waals surface area contributed by atoms with Gasteiger partial charge in [-0.05, 0) is 59.3 Å². The molecule has 2 aromatic rings.